The van der Waals surface area contributed by atoms with Gasteiger partial charge < -0.3 is 11.1 Å². The third-order valence-corrected chi connectivity index (χ3v) is 2.02. The summed E-state index contributed by atoms with van der Waals surface area (Å²) in [5.74, 6) is 5.65. The van der Waals surface area contributed by atoms with E-state index in [1.165, 1.54) is 6.92 Å². The second-order valence-corrected chi connectivity index (χ2v) is 3.47. The Morgan fingerprint density at radius 2 is 2.38 bits per heavy atom. The Morgan fingerprint density at radius 1 is 1.62 bits per heavy atom. The maximum atomic E-state index is 10.6. The average Bonchev–Trinajstić information content (AvgIpc) is 2.22. The van der Waals surface area contributed by atoms with Crippen LogP contribution in [-0.2, 0) is 4.79 Å². The van der Waals surface area contributed by atoms with Crippen molar-refractivity contribution in [1.29, 1.82) is 0 Å². The van der Waals surface area contributed by atoms with Crippen LogP contribution in [0, 0.1) is 11.8 Å². The fraction of sp³-hybridized carbons (Fsp3) is 0.273. The first kappa shape index (κ1) is 12.3. The van der Waals surface area contributed by atoms with Crippen LogP contribution in [0.5, 0.6) is 0 Å². The molecule has 5 heteroatoms. The fourth-order valence-electron chi connectivity index (χ4n) is 0.969. The second kappa shape index (κ2) is 5.99. The van der Waals surface area contributed by atoms with Crippen molar-refractivity contribution < 1.29 is 4.79 Å². The van der Waals surface area contributed by atoms with Crippen molar-refractivity contribution >= 4 is 23.2 Å². The van der Waals surface area contributed by atoms with Crippen LogP contribution in [0.15, 0.2) is 12.1 Å². The molecule has 0 atom stereocenters. The maximum Gasteiger partial charge on any atom is 0.216 e. The topological polar surface area (TPSA) is 68.0 Å². The monoisotopic (exact) mass is 237 g/mol. The molecule has 0 unspecified atom stereocenters. The van der Waals surface area contributed by atoms with Gasteiger partial charge in [-0.3, -0.25) is 4.79 Å². The number of pyridine rings is 1. The van der Waals surface area contributed by atoms with Crippen LogP contribution in [0.25, 0.3) is 0 Å². The standard InChI is InChI=1S/C11H12ClN3O/c1-8(16)14-7-3-2-4-9-5-6-10(13)11(12)15-9/h5-6H,3,7,13H2,1H3,(H,14,16). The number of nitrogens with zero attached hydrogens (tertiary/aromatic N) is 1. The maximum absolute atomic E-state index is 10.6. The first-order valence-electron chi connectivity index (χ1n) is 4.75. The van der Waals surface area contributed by atoms with E-state index in [0.29, 0.717) is 24.3 Å². The van der Waals surface area contributed by atoms with Crippen molar-refractivity contribution in [3.05, 3.63) is 23.0 Å². The van der Waals surface area contributed by atoms with E-state index >= 15 is 0 Å². The Kier molecular flexibility index (Phi) is 4.62. The molecule has 0 aliphatic rings. The number of anilines is 1. The van der Waals surface area contributed by atoms with Gasteiger partial charge in [0.05, 0.1) is 5.69 Å². The molecular weight excluding hydrogens is 226 g/mol. The largest absolute Gasteiger partial charge is 0.396 e. The zero-order valence-electron chi connectivity index (χ0n) is 8.88. The summed E-state index contributed by atoms with van der Waals surface area (Å²) in [6.07, 6.45) is 0.573. The lowest BCUT2D eigenvalue weighted by atomic mass is 10.3. The lowest BCUT2D eigenvalue weighted by Gasteiger charge is -1.96. The van der Waals surface area contributed by atoms with Crippen LogP contribution < -0.4 is 11.1 Å². The van der Waals surface area contributed by atoms with Crippen LogP contribution in [0.2, 0.25) is 5.15 Å². The summed E-state index contributed by atoms with van der Waals surface area (Å²) in [4.78, 5) is 14.5. The number of carbonyl (C=O) groups is 1. The number of hydrogen-bond donors (Lipinski definition) is 2. The Morgan fingerprint density at radius 3 is 3.00 bits per heavy atom. The van der Waals surface area contributed by atoms with Crippen molar-refractivity contribution in [2.45, 2.75) is 13.3 Å². The van der Waals surface area contributed by atoms with Gasteiger partial charge in [0.25, 0.3) is 0 Å². The summed E-state index contributed by atoms with van der Waals surface area (Å²) >= 11 is 5.73. The molecule has 16 heavy (non-hydrogen) atoms. The Balaban J connectivity index is 2.50. The van der Waals surface area contributed by atoms with Gasteiger partial charge in [0.1, 0.15) is 5.69 Å². The first-order valence-corrected chi connectivity index (χ1v) is 5.12. The molecule has 1 aromatic rings. The smallest absolute Gasteiger partial charge is 0.216 e. The molecule has 1 rings (SSSR count). The number of hydrogen-bond acceptors (Lipinski definition) is 3. The summed E-state index contributed by atoms with van der Waals surface area (Å²) in [6, 6.07) is 3.36. The highest BCUT2D eigenvalue weighted by Crippen LogP contribution is 2.14. The normalized spacial score (nSPS) is 9.12. The summed E-state index contributed by atoms with van der Waals surface area (Å²) in [6.45, 7) is 2.00. The molecular formula is C11H12ClN3O. The number of aromatic nitrogens is 1. The molecule has 0 aliphatic heterocycles. The zero-order chi connectivity index (χ0) is 12.0. The number of halogens is 1. The Hall–Kier alpha value is -1.73. The van der Waals surface area contributed by atoms with E-state index in [2.05, 4.69) is 22.1 Å². The third-order valence-electron chi connectivity index (χ3n) is 1.72. The fourth-order valence-corrected chi connectivity index (χ4v) is 1.12. The SMILES string of the molecule is CC(=O)NCCC#Cc1ccc(N)c(Cl)n1. The summed E-state index contributed by atoms with van der Waals surface area (Å²) in [7, 11) is 0. The van der Waals surface area contributed by atoms with E-state index < -0.39 is 0 Å². The van der Waals surface area contributed by atoms with Gasteiger partial charge in [0.2, 0.25) is 5.91 Å². The van der Waals surface area contributed by atoms with E-state index in [0.717, 1.165) is 0 Å². The molecule has 1 amide bonds. The highest BCUT2D eigenvalue weighted by Gasteiger charge is 1.96. The minimum absolute atomic E-state index is 0.0598. The minimum atomic E-state index is -0.0598. The van der Waals surface area contributed by atoms with Crippen LogP contribution in [0.1, 0.15) is 19.0 Å². The zero-order valence-corrected chi connectivity index (χ0v) is 9.64. The first-order chi connectivity index (χ1) is 7.59. The van der Waals surface area contributed by atoms with Crippen LogP contribution in [-0.4, -0.2) is 17.4 Å². The number of nitrogens with two attached hydrogens (primary N) is 1. The van der Waals surface area contributed by atoms with Crippen molar-refractivity contribution in [2.24, 2.45) is 0 Å². The molecule has 0 spiro atoms. The van der Waals surface area contributed by atoms with Crippen LogP contribution >= 0.6 is 11.6 Å². The number of nitrogens with one attached hydrogen (secondary N) is 1. The molecule has 0 radical (unpaired) electrons. The van der Waals surface area contributed by atoms with Gasteiger partial charge in [-0.25, -0.2) is 4.98 Å². The summed E-state index contributed by atoms with van der Waals surface area (Å²) < 4.78 is 0. The second-order valence-electron chi connectivity index (χ2n) is 3.11. The van der Waals surface area contributed by atoms with E-state index in [1.807, 2.05) is 0 Å². The molecule has 0 bridgehead atoms. The number of rotatable bonds is 2. The molecule has 0 aromatic carbocycles. The average molecular weight is 238 g/mol. The van der Waals surface area contributed by atoms with Crippen LogP contribution in [0.4, 0.5) is 5.69 Å². The molecule has 3 N–H and O–H groups in total. The van der Waals surface area contributed by atoms with Crippen molar-refractivity contribution in [3.63, 3.8) is 0 Å². The number of amides is 1. The molecule has 4 nitrogen and oxygen atoms in total. The quantitative estimate of drug-likeness (QED) is 0.461. The molecule has 0 saturated carbocycles. The predicted molar refractivity (Wildman–Crippen MR) is 63.8 cm³/mol. The molecule has 0 saturated heterocycles. The summed E-state index contributed by atoms with van der Waals surface area (Å²) in [5, 5.41) is 2.90. The Bertz CT molecular complexity index is 448. The van der Waals surface area contributed by atoms with Crippen molar-refractivity contribution in [3.8, 4) is 11.8 Å². The predicted octanol–water partition coefficient (Wildman–Crippen LogP) is 1.19. The Labute approximate surface area is 99.2 Å². The molecule has 0 aliphatic carbocycles. The van der Waals surface area contributed by atoms with E-state index in [-0.39, 0.29) is 11.1 Å². The van der Waals surface area contributed by atoms with Gasteiger partial charge in [0, 0.05) is 19.9 Å². The molecule has 84 valence electrons. The highest BCUT2D eigenvalue weighted by molar-refractivity contribution is 6.31. The van der Waals surface area contributed by atoms with Crippen molar-refractivity contribution in [2.75, 3.05) is 12.3 Å². The summed E-state index contributed by atoms with van der Waals surface area (Å²) in [5.41, 5.74) is 6.52. The lowest BCUT2D eigenvalue weighted by molar-refractivity contribution is -0.118. The van der Waals surface area contributed by atoms with Crippen LogP contribution in [0.3, 0.4) is 0 Å². The van der Waals surface area contributed by atoms with Gasteiger partial charge in [-0.15, -0.1) is 0 Å². The van der Waals surface area contributed by atoms with Gasteiger partial charge in [-0.05, 0) is 18.1 Å². The molecule has 1 aromatic heterocycles. The van der Waals surface area contributed by atoms with E-state index in [1.54, 1.807) is 12.1 Å². The van der Waals surface area contributed by atoms with E-state index in [4.69, 9.17) is 17.3 Å². The minimum Gasteiger partial charge on any atom is -0.396 e. The van der Waals surface area contributed by atoms with Crippen molar-refractivity contribution in [1.82, 2.24) is 10.3 Å². The van der Waals surface area contributed by atoms with Gasteiger partial charge in [-0.1, -0.05) is 17.5 Å². The third kappa shape index (κ3) is 4.20. The van der Waals surface area contributed by atoms with Gasteiger partial charge in [-0.2, -0.15) is 0 Å². The lowest BCUT2D eigenvalue weighted by Crippen LogP contribution is -2.20. The van der Waals surface area contributed by atoms with Gasteiger partial charge in [0.15, 0.2) is 5.15 Å². The number of carbonyl (C=O) groups excluding carboxylic acids is 1. The van der Waals surface area contributed by atoms with E-state index in [9.17, 15) is 4.79 Å². The molecule has 0 fully saturated rings. The van der Waals surface area contributed by atoms with Gasteiger partial charge >= 0.3 is 0 Å². The molecule has 1 heterocycles. The highest BCUT2D eigenvalue weighted by atomic mass is 35.5. The number of nitrogen functional groups attached to an aromatic ring is 1.